The van der Waals surface area contributed by atoms with Crippen LogP contribution in [0.4, 0.5) is 9.18 Å². The zero-order valence-electron chi connectivity index (χ0n) is 21.6. The number of carbonyl (C=O) groups is 2. The van der Waals surface area contributed by atoms with E-state index in [-0.39, 0.29) is 36.7 Å². The van der Waals surface area contributed by atoms with E-state index in [1.807, 2.05) is 49.4 Å². The Morgan fingerprint density at radius 2 is 1.70 bits per heavy atom. The maximum atomic E-state index is 14.1. The molecule has 40 heavy (non-hydrogen) atoms. The summed E-state index contributed by atoms with van der Waals surface area (Å²) in [5, 5.41) is 1.66. The van der Waals surface area contributed by atoms with Gasteiger partial charge in [-0.25, -0.2) is 4.39 Å². The molecule has 1 fully saturated rings. The minimum atomic E-state index is -0.384. The van der Waals surface area contributed by atoms with Crippen LogP contribution in [0, 0.1) is 5.82 Å². The number of thioether (sulfide) groups is 1. The second-order valence-electron chi connectivity index (χ2n) is 8.80. The standard InChI is InChI=1S/C31H25BrFNO5S/c1-2-37-27-17-20(16-24(32)29(27)39-19-22-9-4-6-12-25(22)33)18-28-30(35)34(31(36)40-28)14-15-38-26-13-7-10-21-8-3-5-11-23(21)26/h3-13,16-18H,2,14-15,19H2,1H3/b28-18-. The third-order valence-corrected chi connectivity index (χ3v) is 7.65. The van der Waals surface area contributed by atoms with Crippen molar-refractivity contribution in [3.63, 3.8) is 0 Å². The highest BCUT2D eigenvalue weighted by Crippen LogP contribution is 2.40. The largest absolute Gasteiger partial charge is 0.491 e. The number of rotatable bonds is 10. The van der Waals surface area contributed by atoms with Crippen molar-refractivity contribution in [2.75, 3.05) is 19.8 Å². The lowest BCUT2D eigenvalue weighted by Crippen LogP contribution is -2.32. The van der Waals surface area contributed by atoms with Crippen LogP contribution in [0.15, 0.2) is 88.2 Å². The minimum Gasteiger partial charge on any atom is -0.491 e. The van der Waals surface area contributed by atoms with E-state index in [1.54, 1.807) is 36.4 Å². The number of nitrogens with zero attached hydrogens (tertiary/aromatic N) is 1. The van der Waals surface area contributed by atoms with Crippen molar-refractivity contribution in [1.29, 1.82) is 0 Å². The molecular formula is C31H25BrFNO5S. The molecule has 0 spiro atoms. The molecule has 0 aromatic heterocycles. The average Bonchev–Trinajstić information content (AvgIpc) is 3.21. The molecule has 1 saturated heterocycles. The Hall–Kier alpha value is -3.82. The van der Waals surface area contributed by atoms with Gasteiger partial charge < -0.3 is 14.2 Å². The normalized spacial score (nSPS) is 14.3. The van der Waals surface area contributed by atoms with Crippen LogP contribution in [-0.2, 0) is 11.4 Å². The van der Waals surface area contributed by atoms with E-state index in [0.29, 0.717) is 44.4 Å². The molecule has 0 atom stereocenters. The van der Waals surface area contributed by atoms with E-state index >= 15 is 0 Å². The summed E-state index contributed by atoms with van der Waals surface area (Å²) < 4.78 is 32.2. The number of fused-ring (bicyclic) bond motifs is 1. The zero-order chi connectivity index (χ0) is 28.1. The Morgan fingerprint density at radius 3 is 2.52 bits per heavy atom. The van der Waals surface area contributed by atoms with Gasteiger partial charge >= 0.3 is 0 Å². The Bertz CT molecular complexity index is 1600. The minimum absolute atomic E-state index is 0.0183. The molecule has 1 aliphatic rings. The lowest BCUT2D eigenvalue weighted by molar-refractivity contribution is -0.123. The highest BCUT2D eigenvalue weighted by Gasteiger charge is 2.35. The predicted molar refractivity (Wildman–Crippen MR) is 158 cm³/mol. The Labute approximate surface area is 243 Å². The van der Waals surface area contributed by atoms with E-state index in [9.17, 15) is 14.0 Å². The van der Waals surface area contributed by atoms with Crippen molar-refractivity contribution in [2.24, 2.45) is 0 Å². The molecule has 0 N–H and O–H groups in total. The van der Waals surface area contributed by atoms with Crippen molar-refractivity contribution in [2.45, 2.75) is 13.5 Å². The summed E-state index contributed by atoms with van der Waals surface area (Å²) in [6, 6.07) is 23.5. The van der Waals surface area contributed by atoms with Crippen LogP contribution in [0.1, 0.15) is 18.1 Å². The van der Waals surface area contributed by atoms with Gasteiger partial charge in [0.2, 0.25) is 0 Å². The van der Waals surface area contributed by atoms with E-state index < -0.39 is 0 Å². The first-order chi connectivity index (χ1) is 19.4. The SMILES string of the molecule is CCOc1cc(/C=C2\SC(=O)N(CCOc3cccc4ccccc34)C2=O)cc(Br)c1OCc1ccccc1F. The first kappa shape index (κ1) is 27.7. The fourth-order valence-corrected chi connectivity index (χ4v) is 5.69. The maximum Gasteiger partial charge on any atom is 0.293 e. The van der Waals surface area contributed by atoms with Crippen molar-refractivity contribution in [3.8, 4) is 17.2 Å². The van der Waals surface area contributed by atoms with Gasteiger partial charge in [-0.05, 0) is 75.9 Å². The fourth-order valence-electron chi connectivity index (χ4n) is 4.25. The third-order valence-electron chi connectivity index (χ3n) is 6.15. The summed E-state index contributed by atoms with van der Waals surface area (Å²) in [6.45, 7) is 2.53. The number of benzene rings is 4. The van der Waals surface area contributed by atoms with E-state index in [0.717, 1.165) is 22.5 Å². The Kier molecular flexibility index (Phi) is 8.72. The molecule has 1 heterocycles. The van der Waals surface area contributed by atoms with Crippen LogP contribution in [0.2, 0.25) is 0 Å². The average molecular weight is 623 g/mol. The molecule has 0 unspecified atom stereocenters. The van der Waals surface area contributed by atoms with Crippen molar-refractivity contribution in [1.82, 2.24) is 4.90 Å². The van der Waals surface area contributed by atoms with Crippen LogP contribution >= 0.6 is 27.7 Å². The van der Waals surface area contributed by atoms with E-state index in [4.69, 9.17) is 14.2 Å². The molecule has 9 heteroatoms. The molecule has 0 aliphatic carbocycles. The molecular weight excluding hydrogens is 597 g/mol. The Morgan fingerprint density at radius 1 is 0.925 bits per heavy atom. The summed E-state index contributed by atoms with van der Waals surface area (Å²) in [7, 11) is 0. The van der Waals surface area contributed by atoms with E-state index in [1.165, 1.54) is 11.0 Å². The summed E-state index contributed by atoms with van der Waals surface area (Å²) in [6.07, 6.45) is 1.64. The Balaban J connectivity index is 1.28. The van der Waals surface area contributed by atoms with Gasteiger partial charge in [0.25, 0.3) is 11.1 Å². The number of ether oxygens (including phenoxy) is 3. The summed E-state index contributed by atoms with van der Waals surface area (Å²) in [5.41, 5.74) is 1.06. The number of hydrogen-bond donors (Lipinski definition) is 0. The molecule has 2 amide bonds. The first-order valence-corrected chi connectivity index (χ1v) is 14.2. The van der Waals surface area contributed by atoms with Crippen LogP contribution in [-0.4, -0.2) is 35.8 Å². The topological polar surface area (TPSA) is 65.1 Å². The van der Waals surface area contributed by atoms with Gasteiger partial charge in [0.1, 0.15) is 24.8 Å². The number of imide groups is 1. The molecule has 1 aliphatic heterocycles. The van der Waals surface area contributed by atoms with Gasteiger partial charge in [-0.15, -0.1) is 0 Å². The second kappa shape index (κ2) is 12.6. The molecule has 0 radical (unpaired) electrons. The lowest BCUT2D eigenvalue weighted by Gasteiger charge is -2.15. The van der Waals surface area contributed by atoms with Gasteiger partial charge in [0.05, 0.1) is 22.5 Å². The first-order valence-electron chi connectivity index (χ1n) is 12.6. The molecule has 0 saturated carbocycles. The quantitative estimate of drug-likeness (QED) is 0.168. The van der Waals surface area contributed by atoms with E-state index in [2.05, 4.69) is 15.9 Å². The zero-order valence-corrected chi connectivity index (χ0v) is 24.0. The highest BCUT2D eigenvalue weighted by atomic mass is 79.9. The predicted octanol–water partition coefficient (Wildman–Crippen LogP) is 7.83. The fraction of sp³-hybridized carbons (Fsp3) is 0.161. The summed E-state index contributed by atoms with van der Waals surface area (Å²) in [5.74, 6) is 0.811. The molecule has 6 nitrogen and oxygen atoms in total. The van der Waals surface area contributed by atoms with Crippen molar-refractivity contribution in [3.05, 3.63) is 105 Å². The van der Waals surface area contributed by atoms with Crippen LogP contribution in [0.5, 0.6) is 17.2 Å². The van der Waals surface area contributed by atoms with Gasteiger partial charge in [0.15, 0.2) is 11.5 Å². The van der Waals surface area contributed by atoms with Crippen molar-refractivity contribution >= 4 is 55.7 Å². The van der Waals surface area contributed by atoms with Gasteiger partial charge in [-0.3, -0.25) is 14.5 Å². The third kappa shape index (κ3) is 6.16. The van der Waals surface area contributed by atoms with Crippen LogP contribution < -0.4 is 14.2 Å². The van der Waals surface area contributed by atoms with Gasteiger partial charge in [-0.1, -0.05) is 54.6 Å². The van der Waals surface area contributed by atoms with Crippen molar-refractivity contribution < 1.29 is 28.2 Å². The lowest BCUT2D eigenvalue weighted by atomic mass is 10.1. The number of halogens is 2. The number of amides is 2. The van der Waals surface area contributed by atoms with Gasteiger partial charge in [-0.2, -0.15) is 0 Å². The van der Waals surface area contributed by atoms with Crippen LogP contribution in [0.3, 0.4) is 0 Å². The van der Waals surface area contributed by atoms with Crippen LogP contribution in [0.25, 0.3) is 16.8 Å². The smallest absolute Gasteiger partial charge is 0.293 e. The molecule has 204 valence electrons. The second-order valence-corrected chi connectivity index (χ2v) is 10.6. The van der Waals surface area contributed by atoms with Gasteiger partial charge in [0, 0.05) is 10.9 Å². The highest BCUT2D eigenvalue weighted by molar-refractivity contribution is 9.10. The number of carbonyl (C=O) groups excluding carboxylic acids is 2. The summed E-state index contributed by atoms with van der Waals surface area (Å²) in [4.78, 5) is 27.2. The monoisotopic (exact) mass is 621 g/mol. The molecule has 5 rings (SSSR count). The maximum absolute atomic E-state index is 14.1. The molecule has 0 bridgehead atoms. The molecule has 4 aromatic carbocycles. The summed E-state index contributed by atoms with van der Waals surface area (Å²) >= 11 is 4.39. The molecule has 4 aromatic rings. The number of hydrogen-bond acceptors (Lipinski definition) is 6.